The van der Waals surface area contributed by atoms with Crippen molar-refractivity contribution in [3.05, 3.63) is 53.9 Å². The zero-order valence-corrected chi connectivity index (χ0v) is 21.9. The maximum absolute atomic E-state index is 14.4. The number of unbranched alkanes of at least 4 members (excludes halogenated alkanes) is 1. The zero-order chi connectivity index (χ0) is 26.7. The Bertz CT molecular complexity index is 1200. The first-order valence-electron chi connectivity index (χ1n) is 13.3. The van der Waals surface area contributed by atoms with E-state index in [2.05, 4.69) is 32.7 Å². The summed E-state index contributed by atoms with van der Waals surface area (Å²) in [5.74, 6) is 0.414. The quantitative estimate of drug-likeness (QED) is 0.254. The van der Waals surface area contributed by atoms with Crippen molar-refractivity contribution in [2.75, 3.05) is 50.5 Å². The molecule has 3 heterocycles. The van der Waals surface area contributed by atoms with Crippen molar-refractivity contribution in [3.8, 4) is 0 Å². The van der Waals surface area contributed by atoms with E-state index in [-0.39, 0.29) is 13.2 Å². The number of fused-ring (bicyclic) bond motifs is 2. The third-order valence-corrected chi connectivity index (χ3v) is 6.72. The van der Waals surface area contributed by atoms with Gasteiger partial charge in [0.05, 0.1) is 23.8 Å². The number of carbonyl (C=O) groups is 1. The van der Waals surface area contributed by atoms with E-state index in [1.54, 1.807) is 0 Å². The predicted molar refractivity (Wildman–Crippen MR) is 146 cm³/mol. The van der Waals surface area contributed by atoms with Crippen LogP contribution in [-0.4, -0.2) is 83.0 Å². The minimum Gasteiger partial charge on any atom is -0.480 e. The number of aliphatic carboxylic acids is 1. The van der Waals surface area contributed by atoms with E-state index in [9.17, 15) is 14.3 Å². The number of hydrogen-bond acceptors (Lipinski definition) is 8. The molecule has 0 saturated heterocycles. The van der Waals surface area contributed by atoms with Crippen LogP contribution in [-0.2, 0) is 22.4 Å². The molecule has 10 heteroatoms. The first kappa shape index (κ1) is 27.7. The van der Waals surface area contributed by atoms with Gasteiger partial charge in [0, 0.05) is 32.4 Å². The molecule has 0 spiro atoms. The Hall–Kier alpha value is -3.37. The second-order valence-electron chi connectivity index (χ2n) is 9.72. The van der Waals surface area contributed by atoms with E-state index in [1.807, 2.05) is 29.2 Å². The monoisotopic (exact) mass is 524 g/mol. The number of nitrogens with zero attached hydrogens (tertiary/aromatic N) is 4. The third-order valence-electron chi connectivity index (χ3n) is 6.72. The molecule has 9 nitrogen and oxygen atoms in total. The number of alkyl halides is 1. The number of halogens is 1. The summed E-state index contributed by atoms with van der Waals surface area (Å²) in [5.41, 5.74) is 3.76. The fourth-order valence-electron chi connectivity index (χ4n) is 4.73. The van der Waals surface area contributed by atoms with Crippen molar-refractivity contribution in [3.63, 3.8) is 0 Å². The molecule has 0 bridgehead atoms. The highest BCUT2D eigenvalue weighted by atomic mass is 19.1. The summed E-state index contributed by atoms with van der Waals surface area (Å²) in [4.78, 5) is 27.5. The molecule has 0 fully saturated rings. The van der Waals surface area contributed by atoms with E-state index >= 15 is 0 Å². The van der Waals surface area contributed by atoms with Crippen LogP contribution in [0.4, 0.5) is 16.0 Å². The molecule has 0 saturated carbocycles. The van der Waals surface area contributed by atoms with Crippen LogP contribution in [0.3, 0.4) is 0 Å². The highest BCUT2D eigenvalue weighted by molar-refractivity contribution is 5.78. The number of hydrogen-bond donors (Lipinski definition) is 3. The molecular formula is C28H37FN6O3. The third kappa shape index (κ3) is 8.06. The molecule has 0 aliphatic carbocycles. The Kier molecular flexibility index (Phi) is 10.2. The van der Waals surface area contributed by atoms with Crippen LogP contribution in [0.1, 0.15) is 36.9 Å². The first-order chi connectivity index (χ1) is 18.5. The number of carboxylic acids is 1. The van der Waals surface area contributed by atoms with Gasteiger partial charge in [-0.2, -0.15) is 0 Å². The molecule has 2 atom stereocenters. The second kappa shape index (κ2) is 14.0. The normalized spacial score (nSPS) is 14.6. The van der Waals surface area contributed by atoms with Gasteiger partial charge < -0.3 is 25.4 Å². The van der Waals surface area contributed by atoms with Crippen molar-refractivity contribution in [2.45, 2.75) is 50.7 Å². The molecule has 3 N–H and O–H groups in total. The highest BCUT2D eigenvalue weighted by Gasteiger charge is 2.21. The Morgan fingerprint density at radius 3 is 2.84 bits per heavy atom. The molecule has 4 rings (SSSR count). The van der Waals surface area contributed by atoms with Gasteiger partial charge >= 0.3 is 5.97 Å². The number of anilines is 2. The van der Waals surface area contributed by atoms with Gasteiger partial charge in [-0.05, 0) is 68.8 Å². The average molecular weight is 525 g/mol. The van der Waals surface area contributed by atoms with Crippen LogP contribution in [0.5, 0.6) is 0 Å². The number of nitrogens with one attached hydrogen (secondary N) is 2. The van der Waals surface area contributed by atoms with E-state index in [4.69, 9.17) is 9.72 Å². The standard InChI is InChI=1S/C28H37FN6O3/c1-38-19-21(29)18-35(15-5-4-8-22-12-11-20-7-6-14-30-27(20)32-22)16-13-25(28(36)37)34-26-17-31-23-9-2-3-10-24(23)33-26/h2-3,9-12,17,21,25H,4-8,13-16,18-19H2,1H3,(H,30,32)(H,33,34)(H,36,37)/t21-,25-/m0/s1. The van der Waals surface area contributed by atoms with E-state index in [1.165, 1.54) is 18.9 Å². The largest absolute Gasteiger partial charge is 0.480 e. The molecule has 2 aromatic heterocycles. The summed E-state index contributed by atoms with van der Waals surface area (Å²) < 4.78 is 19.4. The minimum atomic E-state index is -1.14. The van der Waals surface area contributed by atoms with Gasteiger partial charge in [-0.15, -0.1) is 0 Å². The van der Waals surface area contributed by atoms with Crippen molar-refractivity contribution in [1.29, 1.82) is 0 Å². The fourth-order valence-corrected chi connectivity index (χ4v) is 4.73. The Labute approximate surface area is 222 Å². The lowest BCUT2D eigenvalue weighted by Gasteiger charge is -2.26. The van der Waals surface area contributed by atoms with Gasteiger partial charge in [0.2, 0.25) is 0 Å². The number of carboxylic acid groups (broad SMARTS) is 1. The molecule has 204 valence electrons. The number of pyridine rings is 1. The Morgan fingerprint density at radius 1 is 1.18 bits per heavy atom. The molecule has 0 radical (unpaired) electrons. The Balaban J connectivity index is 1.31. The van der Waals surface area contributed by atoms with Gasteiger partial charge in [0.25, 0.3) is 0 Å². The van der Waals surface area contributed by atoms with Gasteiger partial charge in [-0.25, -0.2) is 19.2 Å². The van der Waals surface area contributed by atoms with E-state index in [0.717, 1.165) is 55.7 Å². The molecule has 1 aliphatic rings. The SMILES string of the molecule is COC[C@@H](F)CN(CCCCc1ccc2c(n1)NCCC2)CC[C@H](Nc1cnc2ccccc2n1)C(=O)O. The van der Waals surface area contributed by atoms with Crippen LogP contribution in [0, 0.1) is 0 Å². The van der Waals surface area contributed by atoms with E-state index < -0.39 is 18.2 Å². The summed E-state index contributed by atoms with van der Waals surface area (Å²) in [6, 6.07) is 10.8. The average Bonchev–Trinajstić information content (AvgIpc) is 2.92. The maximum atomic E-state index is 14.4. The number of aryl methyl sites for hydroxylation is 2. The number of para-hydroxylation sites is 2. The smallest absolute Gasteiger partial charge is 0.326 e. The maximum Gasteiger partial charge on any atom is 0.326 e. The highest BCUT2D eigenvalue weighted by Crippen LogP contribution is 2.20. The number of benzene rings is 1. The van der Waals surface area contributed by atoms with E-state index in [0.29, 0.717) is 30.8 Å². The topological polar surface area (TPSA) is 113 Å². The zero-order valence-electron chi connectivity index (χ0n) is 21.9. The van der Waals surface area contributed by atoms with Crippen molar-refractivity contribution in [2.24, 2.45) is 0 Å². The van der Waals surface area contributed by atoms with Gasteiger partial charge in [0.1, 0.15) is 23.8 Å². The van der Waals surface area contributed by atoms with Gasteiger partial charge in [0.15, 0.2) is 0 Å². The lowest BCUT2D eigenvalue weighted by Crippen LogP contribution is -2.38. The molecular weight excluding hydrogens is 487 g/mol. The summed E-state index contributed by atoms with van der Waals surface area (Å²) in [6.45, 7) is 2.25. The fraction of sp³-hybridized carbons (Fsp3) is 0.500. The molecule has 38 heavy (non-hydrogen) atoms. The lowest BCUT2D eigenvalue weighted by molar-refractivity contribution is -0.138. The summed E-state index contributed by atoms with van der Waals surface area (Å²) >= 11 is 0. The number of methoxy groups -OCH3 is 1. The lowest BCUT2D eigenvalue weighted by atomic mass is 10.1. The molecule has 1 aliphatic heterocycles. The van der Waals surface area contributed by atoms with Crippen LogP contribution in [0.15, 0.2) is 42.6 Å². The summed E-state index contributed by atoms with van der Waals surface area (Å²) in [5, 5.41) is 16.2. The number of rotatable bonds is 15. The predicted octanol–water partition coefficient (Wildman–Crippen LogP) is 3.95. The molecule has 1 aromatic carbocycles. The second-order valence-corrected chi connectivity index (χ2v) is 9.72. The Morgan fingerprint density at radius 2 is 2.03 bits per heavy atom. The first-order valence-corrected chi connectivity index (χ1v) is 13.3. The molecule has 0 amide bonds. The number of aromatic nitrogens is 3. The van der Waals surface area contributed by atoms with Crippen LogP contribution < -0.4 is 10.6 Å². The number of ether oxygens (including phenoxy) is 1. The van der Waals surface area contributed by atoms with Crippen molar-refractivity contribution < 1.29 is 19.0 Å². The summed E-state index contributed by atoms with van der Waals surface area (Å²) in [7, 11) is 1.48. The molecule has 3 aromatic rings. The van der Waals surface area contributed by atoms with Crippen LogP contribution >= 0.6 is 0 Å². The van der Waals surface area contributed by atoms with Crippen LogP contribution in [0.2, 0.25) is 0 Å². The van der Waals surface area contributed by atoms with Gasteiger partial charge in [-0.3, -0.25) is 4.98 Å². The van der Waals surface area contributed by atoms with Crippen molar-refractivity contribution in [1.82, 2.24) is 19.9 Å². The van der Waals surface area contributed by atoms with Crippen molar-refractivity contribution >= 4 is 28.6 Å². The summed E-state index contributed by atoms with van der Waals surface area (Å²) in [6.07, 6.45) is 5.50. The molecule has 0 unspecified atom stereocenters. The minimum absolute atomic E-state index is 0.00976. The van der Waals surface area contributed by atoms with Crippen LogP contribution in [0.25, 0.3) is 11.0 Å². The van der Waals surface area contributed by atoms with Gasteiger partial charge in [-0.1, -0.05) is 18.2 Å².